The third-order valence-corrected chi connectivity index (χ3v) is 2.69. The normalized spacial score (nSPS) is 20.8. The van der Waals surface area contributed by atoms with E-state index in [1.165, 1.54) is 12.2 Å². The largest absolute Gasteiger partial charge is 0.507 e. The number of hydrogen-bond acceptors (Lipinski definition) is 3. The molecule has 0 bridgehead atoms. The number of ketones is 2. The van der Waals surface area contributed by atoms with Crippen molar-refractivity contribution in [2.75, 3.05) is 0 Å². The van der Waals surface area contributed by atoms with Gasteiger partial charge in [0.2, 0.25) is 0 Å². The molecule has 15 heavy (non-hydrogen) atoms. The molecule has 0 atom stereocenters. The summed E-state index contributed by atoms with van der Waals surface area (Å²) in [6, 6.07) is 0. The Morgan fingerprint density at radius 3 is 2.40 bits per heavy atom. The molecule has 0 aromatic rings. The van der Waals surface area contributed by atoms with Crippen LogP contribution in [0.1, 0.15) is 13.8 Å². The zero-order valence-corrected chi connectivity index (χ0v) is 8.50. The lowest BCUT2D eigenvalue weighted by Gasteiger charge is -2.20. The fraction of sp³-hybridized carbons (Fsp3) is 0.167. The van der Waals surface area contributed by atoms with Crippen LogP contribution in [0.4, 0.5) is 0 Å². The van der Waals surface area contributed by atoms with Gasteiger partial charge in [0.05, 0.1) is 0 Å². The molecule has 76 valence electrons. The molecule has 0 amide bonds. The van der Waals surface area contributed by atoms with Gasteiger partial charge in [0, 0.05) is 11.1 Å². The average molecular weight is 202 g/mol. The van der Waals surface area contributed by atoms with E-state index >= 15 is 0 Å². The number of rotatable bonds is 0. The number of fused-ring (bicyclic) bond motifs is 1. The first-order chi connectivity index (χ1) is 7.02. The first-order valence-corrected chi connectivity index (χ1v) is 4.62. The van der Waals surface area contributed by atoms with Gasteiger partial charge in [0.15, 0.2) is 11.6 Å². The fourth-order valence-corrected chi connectivity index (χ4v) is 1.76. The van der Waals surface area contributed by atoms with Crippen molar-refractivity contribution < 1.29 is 14.7 Å². The molecule has 0 aliphatic heterocycles. The maximum Gasteiger partial charge on any atom is 0.193 e. The van der Waals surface area contributed by atoms with Gasteiger partial charge in [-0.3, -0.25) is 9.59 Å². The number of aliphatic hydroxyl groups excluding tert-OH is 1. The number of allylic oxidation sites excluding steroid dienone is 7. The Labute approximate surface area is 87.1 Å². The van der Waals surface area contributed by atoms with E-state index in [1.807, 2.05) is 0 Å². The molecular formula is C12H10O3. The second-order valence-electron chi connectivity index (χ2n) is 3.64. The van der Waals surface area contributed by atoms with Gasteiger partial charge >= 0.3 is 0 Å². The minimum Gasteiger partial charge on any atom is -0.507 e. The Morgan fingerprint density at radius 1 is 1.07 bits per heavy atom. The molecule has 0 heterocycles. The van der Waals surface area contributed by atoms with Crippen LogP contribution in [0.5, 0.6) is 0 Å². The quantitative estimate of drug-likeness (QED) is 0.651. The number of Topliss-reactive ketones (excluding diaryl/α,β-unsaturated/α-hetero) is 1. The monoisotopic (exact) mass is 202 g/mol. The number of carbonyl (C=O) groups excluding carboxylic acids is 2. The molecule has 2 aliphatic carbocycles. The van der Waals surface area contributed by atoms with Gasteiger partial charge in [-0.2, -0.15) is 0 Å². The van der Waals surface area contributed by atoms with Crippen molar-refractivity contribution in [3.63, 3.8) is 0 Å². The zero-order chi connectivity index (χ0) is 11.2. The number of hydrogen-bond donors (Lipinski definition) is 1. The summed E-state index contributed by atoms with van der Waals surface area (Å²) in [5, 5.41) is 9.68. The molecular weight excluding hydrogens is 192 g/mol. The molecule has 0 saturated carbocycles. The van der Waals surface area contributed by atoms with Gasteiger partial charge in [0.1, 0.15) is 5.76 Å². The lowest BCUT2D eigenvalue weighted by molar-refractivity contribution is -0.113. The molecule has 3 nitrogen and oxygen atoms in total. The zero-order valence-electron chi connectivity index (χ0n) is 8.50. The molecule has 0 saturated heterocycles. The molecule has 0 unspecified atom stereocenters. The van der Waals surface area contributed by atoms with Crippen molar-refractivity contribution in [1.29, 1.82) is 0 Å². The molecule has 0 fully saturated rings. The molecule has 0 aromatic carbocycles. The van der Waals surface area contributed by atoms with E-state index in [9.17, 15) is 14.7 Å². The highest BCUT2D eigenvalue weighted by molar-refractivity contribution is 6.19. The summed E-state index contributed by atoms with van der Waals surface area (Å²) in [7, 11) is 0. The summed E-state index contributed by atoms with van der Waals surface area (Å²) in [4.78, 5) is 22.9. The van der Waals surface area contributed by atoms with Gasteiger partial charge in [0.25, 0.3) is 0 Å². The Kier molecular flexibility index (Phi) is 1.96. The topological polar surface area (TPSA) is 54.4 Å². The highest BCUT2D eigenvalue weighted by Gasteiger charge is 2.28. The Balaban J connectivity index is 2.70. The molecule has 0 radical (unpaired) electrons. The van der Waals surface area contributed by atoms with Gasteiger partial charge < -0.3 is 5.11 Å². The molecule has 0 spiro atoms. The predicted octanol–water partition coefficient (Wildman–Crippen LogP) is 1.78. The van der Waals surface area contributed by atoms with Crippen LogP contribution in [0.15, 0.2) is 46.3 Å². The van der Waals surface area contributed by atoms with Crippen LogP contribution in [-0.4, -0.2) is 16.7 Å². The Morgan fingerprint density at radius 2 is 1.73 bits per heavy atom. The van der Waals surface area contributed by atoms with Crippen LogP contribution < -0.4 is 0 Å². The molecule has 0 aromatic heterocycles. The van der Waals surface area contributed by atoms with Crippen molar-refractivity contribution >= 4 is 11.6 Å². The van der Waals surface area contributed by atoms with Gasteiger partial charge in [-0.1, -0.05) is 0 Å². The smallest absolute Gasteiger partial charge is 0.193 e. The van der Waals surface area contributed by atoms with Crippen LogP contribution in [0.25, 0.3) is 0 Å². The standard InChI is InChI=1S/C12H10O3/c1-6-9-4-3-8(13)5-10(9)12(15)7(2)11(6)14/h3-5,14H,1-2H3. The first kappa shape index (κ1) is 9.65. The van der Waals surface area contributed by atoms with Crippen LogP contribution >= 0.6 is 0 Å². The van der Waals surface area contributed by atoms with E-state index < -0.39 is 0 Å². The Hall–Kier alpha value is -1.90. The van der Waals surface area contributed by atoms with Crippen molar-refractivity contribution in [3.8, 4) is 0 Å². The summed E-state index contributed by atoms with van der Waals surface area (Å²) in [5.74, 6) is -0.443. The minimum absolute atomic E-state index is 0.0196. The molecule has 3 heteroatoms. The van der Waals surface area contributed by atoms with E-state index in [2.05, 4.69) is 0 Å². The van der Waals surface area contributed by atoms with E-state index in [-0.39, 0.29) is 17.3 Å². The highest BCUT2D eigenvalue weighted by Crippen LogP contribution is 2.32. The predicted molar refractivity (Wildman–Crippen MR) is 55.3 cm³/mol. The van der Waals surface area contributed by atoms with E-state index in [1.54, 1.807) is 19.9 Å². The third-order valence-electron chi connectivity index (χ3n) is 2.69. The van der Waals surface area contributed by atoms with Crippen molar-refractivity contribution in [1.82, 2.24) is 0 Å². The van der Waals surface area contributed by atoms with E-state index in [0.29, 0.717) is 22.3 Å². The Bertz CT molecular complexity index is 499. The number of carbonyl (C=O) groups is 2. The molecule has 2 aliphatic rings. The van der Waals surface area contributed by atoms with E-state index in [0.717, 1.165) is 0 Å². The highest BCUT2D eigenvalue weighted by atomic mass is 16.3. The summed E-state index contributed by atoms with van der Waals surface area (Å²) in [6.07, 6.45) is 4.29. The van der Waals surface area contributed by atoms with Gasteiger partial charge in [-0.25, -0.2) is 0 Å². The summed E-state index contributed by atoms with van der Waals surface area (Å²) >= 11 is 0. The lowest BCUT2D eigenvalue weighted by Crippen LogP contribution is -2.18. The maximum atomic E-state index is 11.8. The van der Waals surface area contributed by atoms with E-state index in [4.69, 9.17) is 0 Å². The van der Waals surface area contributed by atoms with Gasteiger partial charge in [-0.15, -0.1) is 0 Å². The third kappa shape index (κ3) is 1.28. The van der Waals surface area contributed by atoms with Crippen molar-refractivity contribution in [2.24, 2.45) is 0 Å². The summed E-state index contributed by atoms with van der Waals surface area (Å²) < 4.78 is 0. The maximum absolute atomic E-state index is 11.8. The van der Waals surface area contributed by atoms with Crippen molar-refractivity contribution in [3.05, 3.63) is 46.3 Å². The van der Waals surface area contributed by atoms with Gasteiger partial charge in [-0.05, 0) is 43.2 Å². The average Bonchev–Trinajstić information content (AvgIpc) is 2.23. The van der Waals surface area contributed by atoms with Crippen molar-refractivity contribution in [2.45, 2.75) is 13.8 Å². The molecule has 1 N–H and O–H groups in total. The van der Waals surface area contributed by atoms with Crippen LogP contribution in [-0.2, 0) is 9.59 Å². The fourth-order valence-electron chi connectivity index (χ4n) is 1.76. The second-order valence-corrected chi connectivity index (χ2v) is 3.64. The number of aliphatic hydroxyl groups is 1. The van der Waals surface area contributed by atoms with Crippen LogP contribution in [0.3, 0.4) is 0 Å². The van der Waals surface area contributed by atoms with Crippen LogP contribution in [0, 0.1) is 0 Å². The summed E-state index contributed by atoms with van der Waals surface area (Å²) in [6.45, 7) is 3.29. The SMILES string of the molecule is CC1=C(O)C(C)=C2C=CC(=O)C=C2C1=O. The lowest BCUT2D eigenvalue weighted by atomic mass is 9.83. The second kappa shape index (κ2) is 3.05. The van der Waals surface area contributed by atoms with Crippen LogP contribution in [0.2, 0.25) is 0 Å². The molecule has 2 rings (SSSR count). The first-order valence-electron chi connectivity index (χ1n) is 4.62. The summed E-state index contributed by atoms with van der Waals surface area (Å²) in [5.41, 5.74) is 1.96. The minimum atomic E-state index is -0.272.